The van der Waals surface area contributed by atoms with Crippen molar-refractivity contribution in [1.82, 2.24) is 9.47 Å². The summed E-state index contributed by atoms with van der Waals surface area (Å²) >= 11 is 1.65. The van der Waals surface area contributed by atoms with E-state index < -0.39 is 0 Å². The van der Waals surface area contributed by atoms with Gasteiger partial charge in [-0.3, -0.25) is 4.79 Å². The van der Waals surface area contributed by atoms with Crippen LogP contribution in [-0.4, -0.2) is 26.9 Å². The van der Waals surface area contributed by atoms with Crippen LogP contribution in [0, 0.1) is 19.8 Å². The topological polar surface area (TPSA) is 37.3 Å². The molecule has 200 valence electrons. The van der Waals surface area contributed by atoms with E-state index >= 15 is 0 Å². The maximum Gasteiger partial charge on any atom is 0.262 e. The van der Waals surface area contributed by atoms with Gasteiger partial charge in [0.25, 0.3) is 5.91 Å². The molecule has 0 spiro atoms. The first kappa shape index (κ1) is 26.7. The maximum absolute atomic E-state index is 13.9. The molecule has 1 amide bonds. The molecule has 4 nitrogen and oxygen atoms in total. The van der Waals surface area contributed by atoms with Crippen LogP contribution in [0.1, 0.15) is 75.9 Å². The molecule has 3 aromatic rings. The highest BCUT2D eigenvalue weighted by molar-refractivity contribution is 8.05. The van der Waals surface area contributed by atoms with E-state index in [2.05, 4.69) is 105 Å². The molecule has 1 unspecified atom stereocenters. The summed E-state index contributed by atoms with van der Waals surface area (Å²) in [4.78, 5) is 16.9. The summed E-state index contributed by atoms with van der Waals surface area (Å²) in [6, 6.07) is 21.6. The lowest BCUT2D eigenvalue weighted by Gasteiger charge is -2.39. The maximum atomic E-state index is 13.9. The Morgan fingerprint density at radius 3 is 2.32 bits per heavy atom. The molecule has 2 aliphatic rings. The molecule has 5 heteroatoms. The summed E-state index contributed by atoms with van der Waals surface area (Å²) in [6.07, 6.45) is 6.82. The quantitative estimate of drug-likeness (QED) is 0.339. The van der Waals surface area contributed by atoms with Crippen LogP contribution in [0.25, 0.3) is 11.8 Å². The fourth-order valence-electron chi connectivity index (χ4n) is 5.95. The van der Waals surface area contributed by atoms with Gasteiger partial charge < -0.3 is 14.8 Å². The Morgan fingerprint density at radius 1 is 0.974 bits per heavy atom. The van der Waals surface area contributed by atoms with Crippen molar-refractivity contribution in [2.75, 3.05) is 5.32 Å². The van der Waals surface area contributed by atoms with Gasteiger partial charge in [-0.05, 0) is 85.6 Å². The molecule has 1 saturated carbocycles. The number of benzene rings is 2. The molecule has 1 N–H and O–H groups in total. The average Bonchev–Trinajstić information content (AvgIpc) is 3.34. The number of para-hydroxylation sites is 1. The fourth-order valence-corrected chi connectivity index (χ4v) is 7.15. The van der Waals surface area contributed by atoms with Crippen molar-refractivity contribution in [1.29, 1.82) is 0 Å². The van der Waals surface area contributed by atoms with Crippen LogP contribution in [0.4, 0.5) is 5.69 Å². The highest BCUT2D eigenvalue weighted by atomic mass is 32.2. The molecule has 5 rings (SSSR count). The number of carbonyl (C=O) groups excluding carboxylic acids is 1. The number of amides is 1. The number of rotatable bonds is 5. The van der Waals surface area contributed by atoms with E-state index in [0.29, 0.717) is 5.92 Å². The third-order valence-corrected chi connectivity index (χ3v) is 9.29. The number of hydrogen-bond acceptors (Lipinski definition) is 3. The van der Waals surface area contributed by atoms with Crippen LogP contribution >= 0.6 is 11.8 Å². The summed E-state index contributed by atoms with van der Waals surface area (Å²) in [5.41, 5.74) is 6.99. The standard InChI is InChI=1S/C33H41N3OS/c1-22-12-10-11-15-29(22)36-31(37)30(38-32(36)34-27-13-8-7-9-14-27)21-25-20-23(2)35(24(25)3)28-18-16-26(17-19-28)33(4,5)6/h7-9,13-14,16-22,29,32,34H,10-12,15H2,1-6H3/b30-21-/t22-,29+,32?/m1/s1. The fraction of sp³-hybridized carbons (Fsp3) is 0.424. The number of thioether (sulfide) groups is 1. The lowest BCUT2D eigenvalue weighted by atomic mass is 9.85. The molecule has 1 aliphatic carbocycles. The largest absolute Gasteiger partial charge is 0.356 e. The average molecular weight is 528 g/mol. The van der Waals surface area contributed by atoms with Crippen molar-refractivity contribution in [2.45, 2.75) is 84.2 Å². The summed E-state index contributed by atoms with van der Waals surface area (Å²) in [7, 11) is 0. The number of anilines is 1. The Kier molecular flexibility index (Phi) is 7.50. The highest BCUT2D eigenvalue weighted by Gasteiger charge is 2.43. The van der Waals surface area contributed by atoms with Crippen molar-refractivity contribution in [3.63, 3.8) is 0 Å². The summed E-state index contributed by atoms with van der Waals surface area (Å²) in [6.45, 7) is 13.3. The van der Waals surface area contributed by atoms with Gasteiger partial charge in [-0.25, -0.2) is 0 Å². The third kappa shape index (κ3) is 5.31. The number of nitrogens with zero attached hydrogens (tertiary/aromatic N) is 2. The second-order valence-electron chi connectivity index (χ2n) is 12.0. The molecule has 2 fully saturated rings. The molecule has 2 aromatic carbocycles. The second kappa shape index (κ2) is 10.7. The Labute approximate surface area is 232 Å². The first-order valence-electron chi connectivity index (χ1n) is 14.0. The smallest absolute Gasteiger partial charge is 0.262 e. The van der Waals surface area contributed by atoms with Crippen LogP contribution in [0.15, 0.2) is 65.6 Å². The van der Waals surface area contributed by atoms with Gasteiger partial charge in [-0.1, -0.05) is 82.6 Å². The third-order valence-electron chi connectivity index (χ3n) is 8.17. The minimum atomic E-state index is -0.102. The van der Waals surface area contributed by atoms with Gasteiger partial charge in [-0.2, -0.15) is 0 Å². The predicted molar refractivity (Wildman–Crippen MR) is 162 cm³/mol. The lowest BCUT2D eigenvalue weighted by molar-refractivity contribution is -0.129. The SMILES string of the molecule is Cc1cc(/C=C2\SC(Nc3ccccc3)N([C@H]3CCCC[C@H]3C)C2=O)c(C)n1-c1ccc(C(C)(C)C)cc1. The molecule has 38 heavy (non-hydrogen) atoms. The number of aromatic nitrogens is 1. The van der Waals surface area contributed by atoms with E-state index in [9.17, 15) is 4.79 Å². The van der Waals surface area contributed by atoms with E-state index in [-0.39, 0.29) is 22.9 Å². The van der Waals surface area contributed by atoms with E-state index in [0.717, 1.165) is 34.0 Å². The predicted octanol–water partition coefficient (Wildman–Crippen LogP) is 8.28. The number of nitrogens with one attached hydrogen (secondary N) is 1. The Bertz CT molecular complexity index is 1320. The van der Waals surface area contributed by atoms with Crippen LogP contribution in [0.2, 0.25) is 0 Å². The van der Waals surface area contributed by atoms with Gasteiger partial charge in [0.15, 0.2) is 5.50 Å². The zero-order valence-electron chi connectivity index (χ0n) is 23.6. The van der Waals surface area contributed by atoms with Crippen LogP contribution in [0.3, 0.4) is 0 Å². The van der Waals surface area contributed by atoms with Crippen molar-refractivity contribution in [3.8, 4) is 5.69 Å². The molecule has 1 aromatic heterocycles. The van der Waals surface area contributed by atoms with E-state index in [1.807, 2.05) is 18.2 Å². The van der Waals surface area contributed by atoms with E-state index in [1.165, 1.54) is 30.5 Å². The van der Waals surface area contributed by atoms with Crippen LogP contribution in [0.5, 0.6) is 0 Å². The summed E-state index contributed by atoms with van der Waals surface area (Å²) in [5.74, 6) is 0.662. The zero-order chi connectivity index (χ0) is 27.0. The zero-order valence-corrected chi connectivity index (χ0v) is 24.4. The number of hydrogen-bond donors (Lipinski definition) is 1. The molecule has 3 atom stereocenters. The van der Waals surface area contributed by atoms with Gasteiger partial charge >= 0.3 is 0 Å². The van der Waals surface area contributed by atoms with Crippen LogP contribution < -0.4 is 5.32 Å². The molecular formula is C33H41N3OS. The molecular weight excluding hydrogens is 486 g/mol. The van der Waals surface area contributed by atoms with Crippen molar-refractivity contribution >= 4 is 29.4 Å². The molecule has 0 radical (unpaired) electrons. The summed E-state index contributed by atoms with van der Waals surface area (Å²) < 4.78 is 2.30. The van der Waals surface area contributed by atoms with Gasteiger partial charge in [0.05, 0.1) is 4.91 Å². The minimum absolute atomic E-state index is 0.102. The normalized spacial score (nSPS) is 23.3. The Morgan fingerprint density at radius 2 is 1.66 bits per heavy atom. The monoisotopic (exact) mass is 527 g/mol. The minimum Gasteiger partial charge on any atom is -0.356 e. The van der Waals surface area contributed by atoms with Gasteiger partial charge in [0.2, 0.25) is 0 Å². The lowest BCUT2D eigenvalue weighted by Crippen LogP contribution is -2.48. The van der Waals surface area contributed by atoms with Crippen molar-refractivity contribution < 1.29 is 4.79 Å². The summed E-state index contributed by atoms with van der Waals surface area (Å²) in [5, 5.41) is 3.65. The first-order valence-corrected chi connectivity index (χ1v) is 14.8. The Balaban J connectivity index is 1.47. The second-order valence-corrected chi connectivity index (χ2v) is 13.1. The highest BCUT2D eigenvalue weighted by Crippen LogP contribution is 2.42. The first-order chi connectivity index (χ1) is 18.1. The van der Waals surface area contributed by atoms with Gasteiger partial charge in [0.1, 0.15) is 0 Å². The molecule has 0 bridgehead atoms. The molecule has 2 heterocycles. The van der Waals surface area contributed by atoms with E-state index in [1.54, 1.807) is 11.8 Å². The van der Waals surface area contributed by atoms with Gasteiger partial charge in [0, 0.05) is 28.8 Å². The van der Waals surface area contributed by atoms with Crippen LogP contribution in [-0.2, 0) is 10.2 Å². The van der Waals surface area contributed by atoms with Crippen molar-refractivity contribution in [2.24, 2.45) is 5.92 Å². The Hall–Kier alpha value is -2.92. The molecule has 1 saturated heterocycles. The number of aryl methyl sites for hydroxylation is 1. The van der Waals surface area contributed by atoms with E-state index in [4.69, 9.17) is 0 Å². The van der Waals surface area contributed by atoms with Gasteiger partial charge in [-0.15, -0.1) is 0 Å². The molecule has 1 aliphatic heterocycles. The number of carbonyl (C=O) groups is 1. The van der Waals surface area contributed by atoms with Crippen molar-refractivity contribution in [3.05, 3.63) is 88.1 Å².